The Kier molecular flexibility index (Phi) is 1.50. The fourth-order valence-corrected chi connectivity index (χ4v) is 2.49. The van der Waals surface area contributed by atoms with Crippen molar-refractivity contribution in [3.05, 3.63) is 0 Å². The summed E-state index contributed by atoms with van der Waals surface area (Å²) in [6.07, 6.45) is 1.25. The molecule has 2 fully saturated rings. The number of carbonyl (C=O) groups is 1. The summed E-state index contributed by atoms with van der Waals surface area (Å²) in [7, 11) is 0. The maximum atomic E-state index is 11.4. The molecule has 0 aromatic heterocycles. The summed E-state index contributed by atoms with van der Waals surface area (Å²) in [5.74, 6) is 0.229. The average molecular weight is 201 g/mol. The van der Waals surface area contributed by atoms with Crippen LogP contribution in [0.1, 0.15) is 44.1 Å². The van der Waals surface area contributed by atoms with Gasteiger partial charge in [-0.1, -0.05) is 13.3 Å². The maximum Gasteiger partial charge on any atom is 0.509 e. The molecule has 4 atom stereocenters. The highest BCUT2D eigenvalue weighted by atomic mass is 16.7. The van der Waals surface area contributed by atoms with Crippen LogP contribution in [0.5, 0.6) is 0 Å². The summed E-state index contributed by atoms with van der Waals surface area (Å²) in [6.45, 7) is 1.29. The van der Waals surface area contributed by atoms with Gasteiger partial charge in [-0.05, 0) is 32.5 Å². The quantitative estimate of drug-likeness (QED) is 0.565. The van der Waals surface area contributed by atoms with Gasteiger partial charge in [0.1, 0.15) is 11.7 Å². The Balaban J connectivity index is 2.30. The van der Waals surface area contributed by atoms with Crippen molar-refractivity contribution in [1.29, 1.82) is 0 Å². The number of rotatable bonds is 0. The second-order valence-corrected chi connectivity index (χ2v) is 4.64. The zero-order valence-corrected chi connectivity index (χ0v) is 8.58. The van der Waals surface area contributed by atoms with Crippen LogP contribution >= 0.6 is 0 Å². The second kappa shape index (κ2) is 3.14. The third kappa shape index (κ3) is 1.60. The van der Waals surface area contributed by atoms with Gasteiger partial charge in [0.2, 0.25) is 0 Å². The van der Waals surface area contributed by atoms with Crippen LogP contribution in [0.2, 0.25) is 0 Å². The van der Waals surface area contributed by atoms with Gasteiger partial charge in [-0.25, -0.2) is 4.79 Å². The van der Waals surface area contributed by atoms with E-state index in [0.29, 0.717) is 5.92 Å². The molecule has 0 bridgehead atoms. The van der Waals surface area contributed by atoms with Gasteiger partial charge in [0.15, 0.2) is 0 Å². The van der Waals surface area contributed by atoms with Crippen LogP contribution in [0.15, 0.2) is 0 Å². The smallest absolute Gasteiger partial charge is 0.430 e. The lowest BCUT2D eigenvalue weighted by Crippen LogP contribution is -2.52. The van der Waals surface area contributed by atoms with Crippen LogP contribution in [0.4, 0.5) is 4.79 Å². The van der Waals surface area contributed by atoms with Crippen molar-refractivity contribution < 1.29 is 18.4 Å². The topological polar surface area (TPSA) is 35.5 Å². The molecule has 0 N–H and O–H groups in total. The molecular formula is C11H18O3. The highest BCUT2D eigenvalue weighted by Gasteiger charge is 2.47. The van der Waals surface area contributed by atoms with E-state index < -0.39 is 18.6 Å². The minimum absolute atomic E-state index is 0.233. The third-order valence-corrected chi connectivity index (χ3v) is 3.30. The Morgan fingerprint density at radius 1 is 1.57 bits per heavy atom. The van der Waals surface area contributed by atoms with Gasteiger partial charge in [0, 0.05) is 10.0 Å². The Labute approximate surface area is 89.0 Å². The van der Waals surface area contributed by atoms with Crippen LogP contribution in [0, 0.1) is 11.8 Å². The first kappa shape index (κ1) is 6.70. The lowest BCUT2D eigenvalue weighted by atomic mass is 9.73. The largest absolute Gasteiger partial charge is 0.509 e. The van der Waals surface area contributed by atoms with Crippen molar-refractivity contribution in [3.63, 3.8) is 0 Å². The molecular weight excluding hydrogens is 180 g/mol. The van der Waals surface area contributed by atoms with E-state index in [1.807, 2.05) is 0 Å². The second-order valence-electron chi connectivity index (χ2n) is 4.64. The molecule has 1 unspecified atom stereocenters. The van der Waals surface area contributed by atoms with Crippen molar-refractivity contribution in [2.24, 2.45) is 11.8 Å². The van der Waals surface area contributed by atoms with Crippen LogP contribution in [-0.2, 0) is 9.47 Å². The number of carbonyl (C=O) groups excluding carboxylic acids is 1. The minimum atomic E-state index is -2.31. The molecule has 80 valence electrons. The van der Waals surface area contributed by atoms with Crippen molar-refractivity contribution >= 4 is 6.16 Å². The van der Waals surface area contributed by atoms with Gasteiger partial charge in [0.05, 0.1) is 0 Å². The standard InChI is InChI=1S/C11H18O3/c1-7-4-5-8-9(6-7)13-10(12)14-11(8,2)3/h7-9H,4-6H2,1-3H3/t7-,8-,9-/m0/s1/i2D3/t7-,8-,9-,11?. The van der Waals surface area contributed by atoms with E-state index in [1.54, 1.807) is 0 Å². The molecule has 0 amide bonds. The first-order chi connectivity index (χ1) is 7.74. The number of fused-ring (bicyclic) bond motifs is 1. The monoisotopic (exact) mass is 201 g/mol. The number of hydrogen-bond donors (Lipinski definition) is 0. The van der Waals surface area contributed by atoms with Gasteiger partial charge in [-0.3, -0.25) is 0 Å². The van der Waals surface area contributed by atoms with Gasteiger partial charge in [0.25, 0.3) is 0 Å². The van der Waals surface area contributed by atoms with E-state index in [0.717, 1.165) is 19.3 Å². The van der Waals surface area contributed by atoms with E-state index in [2.05, 4.69) is 6.92 Å². The van der Waals surface area contributed by atoms with Crippen molar-refractivity contribution in [3.8, 4) is 0 Å². The van der Waals surface area contributed by atoms with E-state index in [-0.39, 0.29) is 12.0 Å². The molecule has 0 radical (unpaired) electrons. The molecule has 0 spiro atoms. The fourth-order valence-electron chi connectivity index (χ4n) is 2.49. The summed E-state index contributed by atoms with van der Waals surface area (Å²) >= 11 is 0. The summed E-state index contributed by atoms with van der Waals surface area (Å²) in [5, 5.41) is 0. The average Bonchev–Trinajstić information content (AvgIpc) is 2.14. The molecule has 1 saturated heterocycles. The molecule has 2 aliphatic rings. The van der Waals surface area contributed by atoms with Crippen molar-refractivity contribution in [2.45, 2.75) is 51.7 Å². The van der Waals surface area contributed by atoms with E-state index in [9.17, 15) is 4.79 Å². The maximum absolute atomic E-state index is 11.4. The number of ether oxygens (including phenoxy) is 2. The van der Waals surface area contributed by atoms with Crippen LogP contribution in [0.25, 0.3) is 0 Å². The molecule has 3 nitrogen and oxygen atoms in total. The Hall–Kier alpha value is -0.730. The highest BCUT2D eigenvalue weighted by Crippen LogP contribution is 2.41. The number of cyclic esters (lactones) is 1. The predicted octanol–water partition coefficient (Wildman–Crippen LogP) is 2.74. The first-order valence-corrected chi connectivity index (χ1v) is 5.13. The lowest BCUT2D eigenvalue weighted by Gasteiger charge is -2.46. The van der Waals surface area contributed by atoms with Gasteiger partial charge in [-0.15, -0.1) is 0 Å². The van der Waals surface area contributed by atoms with Gasteiger partial charge < -0.3 is 9.47 Å². The Morgan fingerprint density at radius 3 is 3.07 bits per heavy atom. The fraction of sp³-hybridized carbons (Fsp3) is 0.909. The third-order valence-electron chi connectivity index (χ3n) is 3.30. The van der Waals surface area contributed by atoms with Crippen LogP contribution in [0.3, 0.4) is 0 Å². The molecule has 1 heterocycles. The molecule has 1 saturated carbocycles. The van der Waals surface area contributed by atoms with Gasteiger partial charge in [-0.2, -0.15) is 0 Å². The highest BCUT2D eigenvalue weighted by molar-refractivity contribution is 5.62. The summed E-state index contributed by atoms with van der Waals surface area (Å²) < 4.78 is 32.9. The lowest BCUT2D eigenvalue weighted by molar-refractivity contribution is -0.158. The predicted molar refractivity (Wildman–Crippen MR) is 51.9 cm³/mol. The summed E-state index contributed by atoms with van der Waals surface area (Å²) in [5.41, 5.74) is -1.41. The molecule has 2 rings (SSSR count). The van der Waals surface area contributed by atoms with Crippen molar-refractivity contribution in [2.75, 3.05) is 0 Å². The molecule has 0 aromatic rings. The Morgan fingerprint density at radius 2 is 2.36 bits per heavy atom. The molecule has 14 heavy (non-hydrogen) atoms. The first-order valence-electron chi connectivity index (χ1n) is 6.63. The molecule has 0 aromatic carbocycles. The van der Waals surface area contributed by atoms with E-state index in [1.165, 1.54) is 6.92 Å². The summed E-state index contributed by atoms with van der Waals surface area (Å²) in [6, 6.07) is 0. The summed E-state index contributed by atoms with van der Waals surface area (Å²) in [4.78, 5) is 11.4. The van der Waals surface area contributed by atoms with Crippen molar-refractivity contribution in [1.82, 2.24) is 0 Å². The zero-order valence-electron chi connectivity index (χ0n) is 11.6. The van der Waals surface area contributed by atoms with E-state index in [4.69, 9.17) is 13.6 Å². The Bertz CT molecular complexity index is 328. The van der Waals surface area contributed by atoms with Crippen LogP contribution < -0.4 is 0 Å². The molecule has 3 heteroatoms. The zero-order chi connectivity index (χ0) is 12.8. The number of hydrogen-bond acceptors (Lipinski definition) is 3. The molecule has 1 aliphatic carbocycles. The van der Waals surface area contributed by atoms with Gasteiger partial charge >= 0.3 is 6.16 Å². The van der Waals surface area contributed by atoms with Crippen LogP contribution in [-0.4, -0.2) is 17.9 Å². The SMILES string of the molecule is [2H]C([2H])([2H])C1(C)OC(=O)O[C@H]2C[C@@H](C)CC[C@@H]21. The minimum Gasteiger partial charge on any atom is -0.430 e. The normalized spacial score (nSPS) is 51.7. The molecule has 1 aliphatic heterocycles. The van der Waals surface area contributed by atoms with E-state index >= 15 is 0 Å².